The molecule has 0 heterocycles. The minimum atomic E-state index is -1.59. The van der Waals surface area contributed by atoms with Crippen LogP contribution < -0.4 is 22.1 Å². The molecule has 0 unspecified atom stereocenters. The third-order valence-electron chi connectivity index (χ3n) is 3.31. The highest BCUT2D eigenvalue weighted by Crippen LogP contribution is 2.25. The maximum atomic E-state index is 6.61. The summed E-state index contributed by atoms with van der Waals surface area (Å²) < 4.78 is 6.61. The Bertz CT molecular complexity index is 236. The molecule has 0 rings (SSSR count). The molecule has 0 fully saturated rings. The van der Waals surface area contributed by atoms with E-state index in [1.54, 1.807) is 0 Å². The molecule has 0 atom stereocenters. The van der Waals surface area contributed by atoms with Crippen LogP contribution in [0.5, 0.6) is 0 Å². The number of hydrogen-bond acceptors (Lipinski definition) is 5. The molecule has 128 valence electrons. The first-order valence-corrected chi connectivity index (χ1v) is 14.6. The molecule has 0 saturated heterocycles. The van der Waals surface area contributed by atoms with Crippen molar-refractivity contribution < 1.29 is 4.12 Å². The molecule has 0 aromatic rings. The van der Waals surface area contributed by atoms with Crippen LogP contribution in [0.3, 0.4) is 0 Å². The summed E-state index contributed by atoms with van der Waals surface area (Å²) in [5.41, 5.74) is 11.0. The topological polar surface area (TPSA) is 85.3 Å². The first kappa shape index (κ1) is 21.2. The summed E-state index contributed by atoms with van der Waals surface area (Å²) in [6, 6.07) is 2.48. The van der Waals surface area contributed by atoms with Gasteiger partial charge in [0.05, 0.1) is 0 Å². The average Bonchev–Trinajstić information content (AvgIpc) is 2.36. The van der Waals surface area contributed by atoms with Crippen LogP contribution in [-0.2, 0) is 4.12 Å². The predicted molar refractivity (Wildman–Crippen MR) is 98.7 cm³/mol. The van der Waals surface area contributed by atoms with Gasteiger partial charge in [-0.05, 0) is 64.2 Å². The first-order valence-electron chi connectivity index (χ1n) is 8.35. The number of nitrogens with two attached hydrogens (primary N) is 2. The Hall–Kier alpha value is 0.234. The van der Waals surface area contributed by atoms with Crippen molar-refractivity contribution in [2.24, 2.45) is 11.5 Å². The van der Waals surface area contributed by atoms with Crippen molar-refractivity contribution in [2.75, 3.05) is 39.3 Å². The van der Waals surface area contributed by atoms with Gasteiger partial charge < -0.3 is 26.2 Å². The van der Waals surface area contributed by atoms with Crippen molar-refractivity contribution in [3.63, 3.8) is 0 Å². The van der Waals surface area contributed by atoms with Crippen LogP contribution in [0.25, 0.3) is 0 Å². The van der Waals surface area contributed by atoms with Crippen molar-refractivity contribution >= 4 is 16.6 Å². The summed E-state index contributed by atoms with van der Waals surface area (Å²) in [7, 11) is -3.05. The monoisotopic (exact) mass is 334 g/mol. The smallest absolute Gasteiger partial charge is 0.176 e. The molecule has 0 aliphatic carbocycles. The van der Waals surface area contributed by atoms with Gasteiger partial charge in [-0.2, -0.15) is 0 Å². The van der Waals surface area contributed by atoms with Crippen molar-refractivity contribution in [2.45, 2.75) is 51.1 Å². The average molecular weight is 335 g/mol. The van der Waals surface area contributed by atoms with E-state index < -0.39 is 16.6 Å². The van der Waals surface area contributed by atoms with Gasteiger partial charge in [0.25, 0.3) is 0 Å². The van der Waals surface area contributed by atoms with E-state index in [2.05, 4.69) is 36.8 Å². The Morgan fingerprint density at radius 1 is 0.762 bits per heavy atom. The van der Waals surface area contributed by atoms with E-state index in [1.165, 1.54) is 24.9 Å². The lowest BCUT2D eigenvalue weighted by Crippen LogP contribution is -2.45. The fourth-order valence-corrected chi connectivity index (χ4v) is 11.4. The van der Waals surface area contributed by atoms with Gasteiger partial charge in [0.15, 0.2) is 16.6 Å². The summed E-state index contributed by atoms with van der Waals surface area (Å²) in [5.74, 6) is 0. The fraction of sp³-hybridized carbons (Fsp3) is 1.00. The summed E-state index contributed by atoms with van der Waals surface area (Å²) in [5, 5.41) is 6.76. The van der Waals surface area contributed by atoms with Crippen LogP contribution in [0, 0.1) is 0 Å². The lowest BCUT2D eigenvalue weighted by Gasteiger charge is -2.35. The largest absolute Gasteiger partial charge is 0.456 e. The molecular weight excluding hydrogens is 296 g/mol. The molecule has 0 amide bonds. The van der Waals surface area contributed by atoms with Crippen LogP contribution in [0.1, 0.15) is 12.8 Å². The number of nitrogens with one attached hydrogen (secondary N) is 2. The normalized spacial score (nSPS) is 12.9. The molecule has 5 nitrogen and oxygen atoms in total. The van der Waals surface area contributed by atoms with Gasteiger partial charge in [-0.15, -0.1) is 0 Å². The zero-order valence-electron chi connectivity index (χ0n) is 14.6. The van der Waals surface area contributed by atoms with Gasteiger partial charge in [0.1, 0.15) is 0 Å². The van der Waals surface area contributed by atoms with Gasteiger partial charge in [-0.3, -0.25) is 0 Å². The Morgan fingerprint density at radius 2 is 1.19 bits per heavy atom. The Balaban J connectivity index is 4.14. The van der Waals surface area contributed by atoms with E-state index in [9.17, 15) is 0 Å². The van der Waals surface area contributed by atoms with Crippen LogP contribution in [0.2, 0.25) is 38.3 Å². The molecule has 7 heteroatoms. The maximum Gasteiger partial charge on any atom is 0.176 e. The zero-order chi connectivity index (χ0) is 16.2. The Morgan fingerprint density at radius 3 is 1.52 bits per heavy atom. The highest BCUT2D eigenvalue weighted by Gasteiger charge is 2.33. The molecule has 0 aromatic carbocycles. The van der Waals surface area contributed by atoms with E-state index in [0.717, 1.165) is 26.2 Å². The maximum absolute atomic E-state index is 6.61. The van der Waals surface area contributed by atoms with E-state index in [4.69, 9.17) is 15.6 Å². The molecule has 0 radical (unpaired) electrons. The lowest BCUT2D eigenvalue weighted by atomic mass is 10.4. The standard InChI is InChI=1S/C14H38N4OSi2/c1-20(2,3)19-21(4,13-5-9-17-11-7-15)14-6-10-18-12-8-16/h17-18H,5-16H2,1-4H3. The van der Waals surface area contributed by atoms with Gasteiger partial charge in [0, 0.05) is 26.2 Å². The van der Waals surface area contributed by atoms with Crippen LogP contribution in [0.15, 0.2) is 0 Å². The molecule has 0 spiro atoms. The molecule has 6 N–H and O–H groups in total. The Kier molecular flexibility index (Phi) is 11.9. The molecule has 0 bridgehead atoms. The predicted octanol–water partition coefficient (Wildman–Crippen LogP) is 1.29. The molecule has 0 aliphatic heterocycles. The highest BCUT2D eigenvalue weighted by atomic mass is 28.4. The van der Waals surface area contributed by atoms with Gasteiger partial charge in [-0.1, -0.05) is 0 Å². The third kappa shape index (κ3) is 13.6. The minimum Gasteiger partial charge on any atom is -0.456 e. The number of rotatable bonds is 14. The van der Waals surface area contributed by atoms with E-state index >= 15 is 0 Å². The van der Waals surface area contributed by atoms with Gasteiger partial charge >= 0.3 is 0 Å². The summed E-state index contributed by atoms with van der Waals surface area (Å²) in [4.78, 5) is 0. The lowest BCUT2D eigenvalue weighted by molar-refractivity contribution is 0.522. The van der Waals surface area contributed by atoms with Crippen molar-refractivity contribution in [1.82, 2.24) is 10.6 Å². The SMILES string of the molecule is C[Si](C)(C)O[Si](C)(CCCNCCN)CCCNCCN. The van der Waals surface area contributed by atoms with Gasteiger partial charge in [0.2, 0.25) is 0 Å². The van der Waals surface area contributed by atoms with Crippen LogP contribution in [0.4, 0.5) is 0 Å². The van der Waals surface area contributed by atoms with E-state index in [-0.39, 0.29) is 0 Å². The van der Waals surface area contributed by atoms with Crippen molar-refractivity contribution in [1.29, 1.82) is 0 Å². The second kappa shape index (κ2) is 11.8. The molecule has 0 aliphatic rings. The summed E-state index contributed by atoms with van der Waals surface area (Å²) >= 11 is 0. The van der Waals surface area contributed by atoms with Crippen molar-refractivity contribution in [3.8, 4) is 0 Å². The number of hydrogen-bond donors (Lipinski definition) is 4. The summed E-state index contributed by atoms with van der Waals surface area (Å²) in [6.45, 7) is 14.7. The summed E-state index contributed by atoms with van der Waals surface area (Å²) in [6.07, 6.45) is 2.40. The highest BCUT2D eigenvalue weighted by molar-refractivity contribution is 6.84. The van der Waals surface area contributed by atoms with E-state index in [1.807, 2.05) is 0 Å². The van der Waals surface area contributed by atoms with Gasteiger partial charge in [-0.25, -0.2) is 0 Å². The quantitative estimate of drug-likeness (QED) is 0.284. The first-order chi connectivity index (χ1) is 9.83. The second-order valence-electron chi connectivity index (χ2n) is 6.95. The second-order valence-corrected chi connectivity index (χ2v) is 15.9. The van der Waals surface area contributed by atoms with Crippen molar-refractivity contribution in [3.05, 3.63) is 0 Å². The van der Waals surface area contributed by atoms with E-state index in [0.29, 0.717) is 13.1 Å². The van der Waals surface area contributed by atoms with Crippen LogP contribution >= 0.6 is 0 Å². The molecule has 0 saturated carbocycles. The zero-order valence-corrected chi connectivity index (χ0v) is 16.6. The molecular formula is C14H38N4OSi2. The third-order valence-corrected chi connectivity index (χ3v) is 10.6. The fourth-order valence-electron chi connectivity index (χ4n) is 2.60. The molecule has 0 aromatic heterocycles. The Labute approximate surface area is 133 Å². The molecule has 21 heavy (non-hydrogen) atoms. The van der Waals surface area contributed by atoms with Crippen LogP contribution in [-0.4, -0.2) is 55.9 Å². The minimum absolute atomic E-state index is 0.715.